The second-order valence-corrected chi connectivity index (χ2v) is 7.12. The number of carbonyl (C=O) groups is 1. The van der Waals surface area contributed by atoms with Crippen LogP contribution in [0, 0.1) is 14.9 Å². The maximum atomic E-state index is 12.0. The number of halogens is 1. The summed E-state index contributed by atoms with van der Waals surface area (Å²) in [5.41, 5.74) is 5.38. The largest absolute Gasteiger partial charge is 0.489 e. The molecule has 0 aromatic heterocycles. The summed E-state index contributed by atoms with van der Waals surface area (Å²) in [6.07, 6.45) is 1.56. The van der Waals surface area contributed by atoms with Gasteiger partial charge in [0.2, 0.25) is 0 Å². The molecule has 0 aliphatic heterocycles. The molecule has 0 fully saturated rings. The van der Waals surface area contributed by atoms with Gasteiger partial charge in [-0.15, -0.1) is 0 Å². The Kier molecular flexibility index (Phi) is 6.76. The first-order chi connectivity index (χ1) is 13.6. The van der Waals surface area contributed by atoms with Gasteiger partial charge in [-0.05, 0) is 82.2 Å². The number of rotatable bonds is 6. The smallest absolute Gasteiger partial charge is 0.271 e. The van der Waals surface area contributed by atoms with Gasteiger partial charge < -0.3 is 4.74 Å². The molecule has 0 aliphatic carbocycles. The van der Waals surface area contributed by atoms with Gasteiger partial charge in [-0.2, -0.15) is 10.4 Å². The predicted octanol–water partition coefficient (Wildman–Crippen LogP) is 4.51. The first-order valence-corrected chi connectivity index (χ1v) is 9.53. The van der Waals surface area contributed by atoms with Crippen LogP contribution in [0.2, 0.25) is 0 Å². The van der Waals surface area contributed by atoms with Crippen molar-refractivity contribution in [2.45, 2.75) is 6.61 Å². The summed E-state index contributed by atoms with van der Waals surface area (Å²) in [6.45, 7) is 0.361. The van der Waals surface area contributed by atoms with E-state index in [0.29, 0.717) is 23.5 Å². The van der Waals surface area contributed by atoms with Gasteiger partial charge in [-0.3, -0.25) is 4.79 Å². The minimum absolute atomic E-state index is 0.266. The van der Waals surface area contributed by atoms with Gasteiger partial charge in [0.15, 0.2) is 0 Å². The Morgan fingerprint density at radius 2 is 1.89 bits per heavy atom. The molecule has 0 saturated carbocycles. The highest BCUT2D eigenvalue weighted by Gasteiger charge is 2.03. The second-order valence-electron chi connectivity index (χ2n) is 5.88. The summed E-state index contributed by atoms with van der Waals surface area (Å²) in [5, 5.41) is 13.0. The van der Waals surface area contributed by atoms with Gasteiger partial charge in [0.05, 0.1) is 17.8 Å². The van der Waals surface area contributed by atoms with E-state index in [1.165, 1.54) is 0 Å². The van der Waals surface area contributed by atoms with E-state index in [2.05, 4.69) is 39.2 Å². The fourth-order valence-corrected chi connectivity index (χ4v) is 2.77. The van der Waals surface area contributed by atoms with Crippen molar-refractivity contribution in [3.63, 3.8) is 0 Å². The minimum Gasteiger partial charge on any atom is -0.489 e. The quantitative estimate of drug-likeness (QED) is 0.320. The lowest BCUT2D eigenvalue weighted by atomic mass is 10.1. The molecule has 0 spiro atoms. The lowest BCUT2D eigenvalue weighted by Crippen LogP contribution is -2.17. The number of hydrogen-bond donors (Lipinski definition) is 1. The number of carbonyl (C=O) groups excluding carboxylic acids is 1. The number of benzene rings is 3. The number of nitriles is 1. The molecule has 0 heterocycles. The highest BCUT2D eigenvalue weighted by Crippen LogP contribution is 2.15. The first kappa shape index (κ1) is 19.6. The standard InChI is InChI=1S/C22H16IN3O2/c23-20-9-7-19(8-10-20)22(27)26-25-14-17-4-2-6-21(12-17)28-15-18-5-1-3-16(11-18)13-24/h1-12,14H,15H2,(H,26,27)/b25-14-. The van der Waals surface area contributed by atoms with E-state index in [1.54, 1.807) is 30.5 Å². The highest BCUT2D eigenvalue weighted by atomic mass is 127. The molecular formula is C22H16IN3O2. The maximum Gasteiger partial charge on any atom is 0.271 e. The van der Waals surface area contributed by atoms with Crippen molar-refractivity contribution in [3.05, 3.63) is 98.6 Å². The van der Waals surface area contributed by atoms with Crippen LogP contribution in [-0.2, 0) is 6.61 Å². The summed E-state index contributed by atoms with van der Waals surface area (Å²) in [5.74, 6) is 0.410. The molecule has 3 aromatic rings. The van der Waals surface area contributed by atoms with Crippen molar-refractivity contribution in [2.75, 3.05) is 0 Å². The molecule has 138 valence electrons. The number of amides is 1. The topological polar surface area (TPSA) is 74.5 Å². The van der Waals surface area contributed by atoms with Crippen molar-refractivity contribution in [2.24, 2.45) is 5.10 Å². The zero-order valence-corrected chi connectivity index (χ0v) is 17.0. The van der Waals surface area contributed by atoms with E-state index in [9.17, 15) is 4.79 Å². The van der Waals surface area contributed by atoms with Crippen LogP contribution in [0.1, 0.15) is 27.0 Å². The van der Waals surface area contributed by atoms with Crippen LogP contribution in [0.4, 0.5) is 0 Å². The van der Waals surface area contributed by atoms with Crippen molar-refractivity contribution in [1.82, 2.24) is 5.43 Å². The number of hydrazone groups is 1. The van der Waals surface area contributed by atoms with Crippen LogP contribution in [-0.4, -0.2) is 12.1 Å². The molecule has 0 aliphatic rings. The fraction of sp³-hybridized carbons (Fsp3) is 0.0455. The molecule has 1 amide bonds. The van der Waals surface area contributed by atoms with Gasteiger partial charge in [-0.1, -0.05) is 24.3 Å². The Morgan fingerprint density at radius 3 is 2.68 bits per heavy atom. The molecule has 0 radical (unpaired) electrons. The summed E-state index contributed by atoms with van der Waals surface area (Å²) in [7, 11) is 0. The van der Waals surface area contributed by atoms with Gasteiger partial charge in [0, 0.05) is 9.13 Å². The van der Waals surface area contributed by atoms with E-state index in [0.717, 1.165) is 14.7 Å². The summed E-state index contributed by atoms with van der Waals surface area (Å²) in [4.78, 5) is 12.0. The average molecular weight is 481 g/mol. The average Bonchev–Trinajstić information content (AvgIpc) is 2.73. The summed E-state index contributed by atoms with van der Waals surface area (Å²) < 4.78 is 6.84. The minimum atomic E-state index is -0.266. The van der Waals surface area contributed by atoms with E-state index >= 15 is 0 Å². The van der Waals surface area contributed by atoms with Crippen LogP contribution >= 0.6 is 22.6 Å². The molecule has 0 atom stereocenters. The Balaban J connectivity index is 1.58. The molecule has 28 heavy (non-hydrogen) atoms. The SMILES string of the molecule is N#Cc1cccc(COc2cccc(/C=N\NC(=O)c3ccc(I)cc3)c2)c1. The van der Waals surface area contributed by atoms with Gasteiger partial charge >= 0.3 is 0 Å². The number of hydrogen-bond acceptors (Lipinski definition) is 4. The Labute approximate surface area is 176 Å². The van der Waals surface area contributed by atoms with Crippen molar-refractivity contribution < 1.29 is 9.53 Å². The lowest BCUT2D eigenvalue weighted by molar-refractivity contribution is 0.0955. The molecule has 0 bridgehead atoms. The van der Waals surface area contributed by atoms with E-state index < -0.39 is 0 Å². The number of nitrogens with one attached hydrogen (secondary N) is 1. The van der Waals surface area contributed by atoms with Crippen LogP contribution in [0.5, 0.6) is 5.75 Å². The highest BCUT2D eigenvalue weighted by molar-refractivity contribution is 14.1. The number of nitrogens with zero attached hydrogens (tertiary/aromatic N) is 2. The van der Waals surface area contributed by atoms with E-state index in [-0.39, 0.29) is 5.91 Å². The maximum absolute atomic E-state index is 12.0. The summed E-state index contributed by atoms with van der Waals surface area (Å²) >= 11 is 2.19. The zero-order chi connectivity index (χ0) is 19.8. The third-order valence-corrected chi connectivity index (χ3v) is 4.52. The van der Waals surface area contributed by atoms with Crippen LogP contribution in [0.3, 0.4) is 0 Å². The van der Waals surface area contributed by atoms with Crippen molar-refractivity contribution in [1.29, 1.82) is 5.26 Å². The molecule has 3 aromatic carbocycles. The predicted molar refractivity (Wildman–Crippen MR) is 116 cm³/mol. The van der Waals surface area contributed by atoms with Crippen LogP contribution < -0.4 is 10.2 Å². The van der Waals surface area contributed by atoms with Gasteiger partial charge in [0.1, 0.15) is 12.4 Å². The zero-order valence-electron chi connectivity index (χ0n) is 14.8. The molecule has 6 heteroatoms. The third-order valence-electron chi connectivity index (χ3n) is 3.81. The molecule has 5 nitrogen and oxygen atoms in total. The first-order valence-electron chi connectivity index (χ1n) is 8.45. The second kappa shape index (κ2) is 9.67. The van der Waals surface area contributed by atoms with Crippen molar-refractivity contribution in [3.8, 4) is 11.8 Å². The summed E-state index contributed by atoms with van der Waals surface area (Å²) in [6, 6.07) is 24.0. The lowest BCUT2D eigenvalue weighted by Gasteiger charge is -2.07. The molecule has 3 rings (SSSR count). The fourth-order valence-electron chi connectivity index (χ4n) is 2.41. The normalized spacial score (nSPS) is 10.4. The van der Waals surface area contributed by atoms with E-state index in [4.69, 9.17) is 10.00 Å². The van der Waals surface area contributed by atoms with Gasteiger partial charge in [0.25, 0.3) is 5.91 Å². The van der Waals surface area contributed by atoms with Crippen LogP contribution in [0.15, 0.2) is 77.9 Å². The van der Waals surface area contributed by atoms with Gasteiger partial charge in [-0.25, -0.2) is 5.43 Å². The monoisotopic (exact) mass is 481 g/mol. The van der Waals surface area contributed by atoms with Crippen molar-refractivity contribution >= 4 is 34.7 Å². The third kappa shape index (κ3) is 5.66. The molecular weight excluding hydrogens is 465 g/mol. The molecule has 0 unspecified atom stereocenters. The Hall–Kier alpha value is -3.18. The molecule has 0 saturated heterocycles. The Bertz CT molecular complexity index is 1040. The molecule has 1 N–H and O–H groups in total. The Morgan fingerprint density at radius 1 is 1.11 bits per heavy atom. The van der Waals surface area contributed by atoms with E-state index in [1.807, 2.05) is 48.5 Å². The number of ether oxygens (including phenoxy) is 1. The van der Waals surface area contributed by atoms with Crippen LogP contribution in [0.25, 0.3) is 0 Å².